The fraction of sp³-hybridized carbons (Fsp3) is 0.694. The summed E-state index contributed by atoms with van der Waals surface area (Å²) in [6.07, 6.45) is 1.01. The maximum absolute atomic E-state index is 13.7. The number of nitrogens with one attached hydrogen (secondary N) is 5. The number of amides is 5. The second-order valence-electron chi connectivity index (χ2n) is 14.8. The lowest BCUT2D eigenvalue weighted by Crippen LogP contribution is -2.57. The molecule has 1 aliphatic rings. The van der Waals surface area contributed by atoms with E-state index in [0.717, 1.165) is 18.4 Å². The number of benzene rings is 1. The third kappa shape index (κ3) is 15.0. The Bertz CT molecular complexity index is 1200. The van der Waals surface area contributed by atoms with Crippen molar-refractivity contribution in [3.63, 3.8) is 0 Å². The van der Waals surface area contributed by atoms with Crippen LogP contribution in [-0.2, 0) is 30.3 Å². The molecule has 48 heavy (non-hydrogen) atoms. The van der Waals surface area contributed by atoms with Gasteiger partial charge in [0, 0.05) is 18.9 Å². The number of aliphatic hydroxyl groups is 1. The second-order valence-corrected chi connectivity index (χ2v) is 14.8. The summed E-state index contributed by atoms with van der Waals surface area (Å²) in [5.74, 6) is -1.15. The molecular formula is C36H59N5O7. The number of aliphatic hydroxyl groups excluding tert-OH is 1. The standard InChI is InChI=1S/C36H59N5O7/c1-9-10-16-25(39-34(46)29(19-24-14-12-11-13-15-24)41-35(47)48-36(6,7)8)33(45)40-28(18-23(4)5)30(42)21-32(44)38-27-20-31(43)37-26(27)17-22(2)3/h11-15,22-23,25-30,42H,9-10,16-21H2,1-8H3,(H,37,43)(H,38,44)(H,39,46)(H,40,45)(H,41,47)/t25-,26-,27+,28-,29-,30-/m0/s1. The highest BCUT2D eigenvalue weighted by atomic mass is 16.6. The average molecular weight is 674 g/mol. The Morgan fingerprint density at radius 3 is 2.19 bits per heavy atom. The molecule has 12 nitrogen and oxygen atoms in total. The molecule has 1 aromatic rings. The Balaban J connectivity index is 2.17. The molecule has 1 fully saturated rings. The number of alkyl carbamates (subject to hydrolysis) is 1. The van der Waals surface area contributed by atoms with Crippen molar-refractivity contribution in [1.82, 2.24) is 26.6 Å². The summed E-state index contributed by atoms with van der Waals surface area (Å²) in [5, 5.41) is 25.4. The van der Waals surface area contributed by atoms with Gasteiger partial charge < -0.3 is 36.4 Å². The fourth-order valence-electron chi connectivity index (χ4n) is 5.75. The van der Waals surface area contributed by atoms with Gasteiger partial charge in [-0.1, -0.05) is 77.8 Å². The molecular weight excluding hydrogens is 614 g/mol. The number of carbonyl (C=O) groups is 5. The molecule has 0 unspecified atom stereocenters. The molecule has 0 saturated carbocycles. The van der Waals surface area contributed by atoms with Gasteiger partial charge in [0.25, 0.3) is 0 Å². The Kier molecular flexibility index (Phi) is 16.3. The van der Waals surface area contributed by atoms with Gasteiger partial charge in [-0.2, -0.15) is 0 Å². The number of carbonyl (C=O) groups excluding carboxylic acids is 5. The van der Waals surface area contributed by atoms with E-state index in [4.69, 9.17) is 4.74 Å². The molecule has 0 spiro atoms. The molecule has 0 aromatic heterocycles. The zero-order valence-electron chi connectivity index (χ0n) is 30.1. The van der Waals surface area contributed by atoms with Crippen molar-refractivity contribution < 1.29 is 33.8 Å². The van der Waals surface area contributed by atoms with Crippen LogP contribution in [0.25, 0.3) is 0 Å². The van der Waals surface area contributed by atoms with Crippen LogP contribution in [0, 0.1) is 11.8 Å². The van der Waals surface area contributed by atoms with E-state index >= 15 is 0 Å². The predicted octanol–water partition coefficient (Wildman–Crippen LogP) is 3.50. The fourth-order valence-corrected chi connectivity index (χ4v) is 5.75. The van der Waals surface area contributed by atoms with E-state index in [-0.39, 0.29) is 43.2 Å². The van der Waals surface area contributed by atoms with Crippen LogP contribution >= 0.6 is 0 Å². The molecule has 1 heterocycles. The van der Waals surface area contributed by atoms with Crippen LogP contribution in [0.15, 0.2) is 30.3 Å². The number of hydrogen-bond acceptors (Lipinski definition) is 7. The minimum absolute atomic E-state index is 0.0806. The lowest BCUT2D eigenvalue weighted by molar-refractivity contribution is -0.131. The lowest BCUT2D eigenvalue weighted by Gasteiger charge is -2.29. The minimum atomic E-state index is -1.20. The van der Waals surface area contributed by atoms with E-state index in [1.54, 1.807) is 20.8 Å². The summed E-state index contributed by atoms with van der Waals surface area (Å²) < 4.78 is 5.40. The largest absolute Gasteiger partial charge is 0.444 e. The van der Waals surface area contributed by atoms with E-state index in [1.165, 1.54) is 0 Å². The SMILES string of the molecule is CCCC[C@H](NC(=O)[C@H](Cc1ccccc1)NC(=O)OC(C)(C)C)C(=O)N[C@@H](CC(C)C)[C@@H](O)CC(=O)N[C@@H]1CC(=O)N[C@H]1CC(C)C. The maximum atomic E-state index is 13.7. The third-order valence-corrected chi connectivity index (χ3v) is 7.99. The zero-order chi connectivity index (χ0) is 36.0. The molecule has 6 N–H and O–H groups in total. The smallest absolute Gasteiger partial charge is 0.408 e. The molecule has 0 bridgehead atoms. The van der Waals surface area contributed by atoms with E-state index in [9.17, 15) is 29.1 Å². The van der Waals surface area contributed by atoms with Crippen molar-refractivity contribution in [3.05, 3.63) is 35.9 Å². The van der Waals surface area contributed by atoms with Gasteiger partial charge in [0.1, 0.15) is 17.7 Å². The van der Waals surface area contributed by atoms with Crippen LogP contribution < -0.4 is 26.6 Å². The predicted molar refractivity (Wildman–Crippen MR) is 185 cm³/mol. The topological polar surface area (TPSA) is 175 Å². The molecule has 6 atom stereocenters. The van der Waals surface area contributed by atoms with E-state index in [0.29, 0.717) is 25.2 Å². The van der Waals surface area contributed by atoms with Crippen LogP contribution in [-0.4, -0.2) is 76.7 Å². The van der Waals surface area contributed by atoms with Gasteiger partial charge in [0.15, 0.2) is 0 Å². The Hall–Kier alpha value is -3.67. The van der Waals surface area contributed by atoms with Gasteiger partial charge in [0.05, 0.1) is 24.6 Å². The normalized spacial score (nSPS) is 18.8. The highest BCUT2D eigenvalue weighted by Crippen LogP contribution is 2.18. The van der Waals surface area contributed by atoms with E-state index in [2.05, 4.69) is 26.6 Å². The summed E-state index contributed by atoms with van der Waals surface area (Å²) in [4.78, 5) is 65.1. The number of rotatable bonds is 18. The number of ether oxygens (including phenoxy) is 1. The highest BCUT2D eigenvalue weighted by Gasteiger charge is 2.35. The van der Waals surface area contributed by atoms with Gasteiger partial charge in [-0.3, -0.25) is 19.2 Å². The van der Waals surface area contributed by atoms with Crippen LogP contribution in [0.4, 0.5) is 4.79 Å². The van der Waals surface area contributed by atoms with Crippen molar-refractivity contribution in [2.24, 2.45) is 11.8 Å². The maximum Gasteiger partial charge on any atom is 0.408 e. The first-order chi connectivity index (χ1) is 22.5. The average Bonchev–Trinajstić information content (AvgIpc) is 3.30. The van der Waals surface area contributed by atoms with Crippen LogP contribution in [0.1, 0.15) is 106 Å². The van der Waals surface area contributed by atoms with Crippen molar-refractivity contribution in [2.45, 2.75) is 149 Å². The molecule has 1 saturated heterocycles. The molecule has 0 aliphatic carbocycles. The van der Waals surface area contributed by atoms with E-state index < -0.39 is 53.6 Å². The van der Waals surface area contributed by atoms with Crippen LogP contribution in [0.2, 0.25) is 0 Å². The first-order valence-corrected chi connectivity index (χ1v) is 17.4. The summed E-state index contributed by atoms with van der Waals surface area (Å²) in [6.45, 7) is 15.1. The second kappa shape index (κ2) is 19.4. The van der Waals surface area contributed by atoms with Crippen molar-refractivity contribution in [1.29, 1.82) is 0 Å². The third-order valence-electron chi connectivity index (χ3n) is 7.99. The number of unbranched alkanes of at least 4 members (excludes halogenated alkanes) is 1. The molecule has 2 rings (SSSR count). The molecule has 12 heteroatoms. The van der Waals surface area contributed by atoms with Crippen LogP contribution in [0.3, 0.4) is 0 Å². The Morgan fingerprint density at radius 2 is 1.60 bits per heavy atom. The molecule has 270 valence electrons. The highest BCUT2D eigenvalue weighted by molar-refractivity contribution is 5.91. The van der Waals surface area contributed by atoms with Gasteiger partial charge in [-0.05, 0) is 57.4 Å². The summed E-state index contributed by atoms with van der Waals surface area (Å²) in [6, 6.07) is 5.94. The summed E-state index contributed by atoms with van der Waals surface area (Å²) in [7, 11) is 0. The number of hydrogen-bond donors (Lipinski definition) is 6. The van der Waals surface area contributed by atoms with Gasteiger partial charge in [0.2, 0.25) is 23.6 Å². The van der Waals surface area contributed by atoms with Gasteiger partial charge in [-0.15, -0.1) is 0 Å². The zero-order valence-corrected chi connectivity index (χ0v) is 30.1. The van der Waals surface area contributed by atoms with Crippen molar-refractivity contribution >= 4 is 29.7 Å². The van der Waals surface area contributed by atoms with Crippen molar-refractivity contribution in [3.8, 4) is 0 Å². The first-order valence-electron chi connectivity index (χ1n) is 17.4. The lowest BCUT2D eigenvalue weighted by atomic mass is 9.95. The van der Waals surface area contributed by atoms with Gasteiger partial charge >= 0.3 is 6.09 Å². The first kappa shape index (κ1) is 40.5. The monoisotopic (exact) mass is 673 g/mol. The Labute approximate surface area is 286 Å². The quantitative estimate of drug-likeness (QED) is 0.138. The molecule has 0 radical (unpaired) electrons. The van der Waals surface area contributed by atoms with Crippen molar-refractivity contribution in [2.75, 3.05) is 0 Å². The molecule has 1 aromatic carbocycles. The minimum Gasteiger partial charge on any atom is -0.444 e. The molecule has 1 aliphatic heterocycles. The summed E-state index contributed by atoms with van der Waals surface area (Å²) in [5.41, 5.74) is 0.0427. The molecule has 5 amide bonds. The van der Waals surface area contributed by atoms with E-state index in [1.807, 2.05) is 65.0 Å². The van der Waals surface area contributed by atoms with Gasteiger partial charge in [-0.25, -0.2) is 4.79 Å². The van der Waals surface area contributed by atoms with Crippen LogP contribution in [0.5, 0.6) is 0 Å². The summed E-state index contributed by atoms with van der Waals surface area (Å²) >= 11 is 0. The Morgan fingerprint density at radius 1 is 0.958 bits per heavy atom.